The van der Waals surface area contributed by atoms with Crippen LogP contribution in [0.2, 0.25) is 0 Å². The van der Waals surface area contributed by atoms with Crippen molar-refractivity contribution in [2.75, 3.05) is 61.1 Å². The van der Waals surface area contributed by atoms with Crippen molar-refractivity contribution in [3.05, 3.63) is 41.8 Å². The van der Waals surface area contributed by atoms with Crippen LogP contribution in [0.4, 0.5) is 21.8 Å². The van der Waals surface area contributed by atoms with Crippen molar-refractivity contribution in [2.45, 2.75) is 18.9 Å². The molecule has 29 heavy (non-hydrogen) atoms. The third-order valence-electron chi connectivity index (χ3n) is 5.74. The molecule has 152 valence electrons. The van der Waals surface area contributed by atoms with E-state index in [2.05, 4.69) is 26.7 Å². The fraction of sp³-hybridized carbons (Fsp3) is 0.476. The number of nitrogens with zero attached hydrogens (tertiary/aromatic N) is 6. The van der Waals surface area contributed by atoms with Gasteiger partial charge in [-0.05, 0) is 31.0 Å². The van der Waals surface area contributed by atoms with Crippen molar-refractivity contribution in [3.8, 4) is 6.07 Å². The third-order valence-corrected chi connectivity index (χ3v) is 5.74. The lowest BCUT2D eigenvalue weighted by Gasteiger charge is -2.38. The zero-order valence-electron chi connectivity index (χ0n) is 16.6. The van der Waals surface area contributed by atoms with Gasteiger partial charge in [0.05, 0.1) is 18.9 Å². The number of piperidine rings is 1. The van der Waals surface area contributed by atoms with Crippen LogP contribution in [0.25, 0.3) is 0 Å². The maximum absolute atomic E-state index is 13.9. The minimum atomic E-state index is -0.458. The summed E-state index contributed by atoms with van der Waals surface area (Å²) in [7, 11) is 2.06. The largest absolute Gasteiger partial charge is 0.378 e. The number of nitriles is 1. The van der Waals surface area contributed by atoms with Crippen LogP contribution in [0.5, 0.6) is 0 Å². The minimum Gasteiger partial charge on any atom is -0.378 e. The van der Waals surface area contributed by atoms with E-state index < -0.39 is 5.82 Å². The highest BCUT2D eigenvalue weighted by Crippen LogP contribution is 2.28. The molecule has 0 spiro atoms. The average molecular weight is 396 g/mol. The summed E-state index contributed by atoms with van der Waals surface area (Å²) < 4.78 is 19.3. The molecular formula is C21H25FN6O. The summed E-state index contributed by atoms with van der Waals surface area (Å²) in [6.07, 6.45) is 3.63. The highest BCUT2D eigenvalue weighted by atomic mass is 19.1. The summed E-state index contributed by atoms with van der Waals surface area (Å²) >= 11 is 0. The molecule has 0 saturated carbocycles. The molecule has 0 radical (unpaired) electrons. The molecule has 0 N–H and O–H groups in total. The van der Waals surface area contributed by atoms with Crippen molar-refractivity contribution in [1.29, 1.82) is 5.26 Å². The van der Waals surface area contributed by atoms with E-state index >= 15 is 0 Å². The molecule has 8 heteroatoms. The van der Waals surface area contributed by atoms with Crippen LogP contribution in [-0.4, -0.2) is 62.5 Å². The Morgan fingerprint density at radius 1 is 1.14 bits per heavy atom. The summed E-state index contributed by atoms with van der Waals surface area (Å²) in [5, 5.41) is 9.30. The molecule has 0 atom stereocenters. The van der Waals surface area contributed by atoms with Gasteiger partial charge in [-0.3, -0.25) is 0 Å². The van der Waals surface area contributed by atoms with Crippen molar-refractivity contribution in [2.24, 2.45) is 0 Å². The van der Waals surface area contributed by atoms with Crippen molar-refractivity contribution < 1.29 is 9.13 Å². The number of benzene rings is 1. The van der Waals surface area contributed by atoms with Crippen LogP contribution in [0.1, 0.15) is 18.4 Å². The van der Waals surface area contributed by atoms with Crippen LogP contribution in [0, 0.1) is 17.1 Å². The monoisotopic (exact) mass is 396 g/mol. The van der Waals surface area contributed by atoms with E-state index in [-0.39, 0.29) is 5.56 Å². The van der Waals surface area contributed by atoms with Crippen molar-refractivity contribution >= 4 is 17.5 Å². The smallest absolute Gasteiger partial charge is 0.227 e. The molecular weight excluding hydrogens is 371 g/mol. The first kappa shape index (κ1) is 19.4. The topological polar surface area (TPSA) is 68.5 Å². The van der Waals surface area contributed by atoms with Gasteiger partial charge in [0.15, 0.2) is 0 Å². The van der Waals surface area contributed by atoms with Crippen molar-refractivity contribution in [3.63, 3.8) is 0 Å². The van der Waals surface area contributed by atoms with Gasteiger partial charge in [0, 0.05) is 45.5 Å². The predicted molar refractivity (Wildman–Crippen MR) is 110 cm³/mol. The number of aromatic nitrogens is 2. The fourth-order valence-electron chi connectivity index (χ4n) is 4.02. The molecule has 0 aliphatic carbocycles. The summed E-state index contributed by atoms with van der Waals surface area (Å²) in [4.78, 5) is 15.7. The van der Waals surface area contributed by atoms with E-state index in [0.29, 0.717) is 24.9 Å². The van der Waals surface area contributed by atoms with Crippen LogP contribution in [0.15, 0.2) is 30.5 Å². The number of morpholine rings is 1. The van der Waals surface area contributed by atoms with Gasteiger partial charge in [0.2, 0.25) is 5.95 Å². The molecule has 0 unspecified atom stereocenters. The standard InChI is InChI=1S/C21H25FN6O/c1-26(20-5-8-24-21(25-20)28-11-13-29-14-12-28)16-6-9-27(10-7-16)19-4-2-3-18(22)17(19)15-23/h2-5,8,16H,6-7,9-14H2,1H3. The molecule has 3 heterocycles. The normalized spacial score (nSPS) is 17.8. The second kappa shape index (κ2) is 8.62. The Kier molecular flexibility index (Phi) is 5.76. The van der Waals surface area contributed by atoms with E-state index in [1.807, 2.05) is 24.4 Å². The lowest BCUT2D eigenvalue weighted by Crippen LogP contribution is -2.44. The van der Waals surface area contributed by atoms with E-state index in [1.165, 1.54) is 6.07 Å². The fourth-order valence-corrected chi connectivity index (χ4v) is 4.02. The van der Waals surface area contributed by atoms with Gasteiger partial charge >= 0.3 is 0 Å². The first-order chi connectivity index (χ1) is 14.2. The molecule has 2 aliphatic heterocycles. The Morgan fingerprint density at radius 3 is 2.62 bits per heavy atom. The second-order valence-corrected chi connectivity index (χ2v) is 7.39. The van der Waals surface area contributed by atoms with Gasteiger partial charge in [0.25, 0.3) is 0 Å². The van der Waals surface area contributed by atoms with Crippen LogP contribution in [-0.2, 0) is 4.74 Å². The quantitative estimate of drug-likeness (QED) is 0.786. The summed E-state index contributed by atoms with van der Waals surface area (Å²) in [6.45, 7) is 4.56. The number of anilines is 3. The van der Waals surface area contributed by atoms with E-state index in [1.54, 1.807) is 6.07 Å². The van der Waals surface area contributed by atoms with Crippen LogP contribution in [0.3, 0.4) is 0 Å². The molecule has 7 nitrogen and oxygen atoms in total. The third kappa shape index (κ3) is 4.10. The maximum Gasteiger partial charge on any atom is 0.227 e. The van der Waals surface area contributed by atoms with E-state index in [4.69, 9.17) is 9.72 Å². The minimum absolute atomic E-state index is 0.130. The van der Waals surface area contributed by atoms with Gasteiger partial charge in [-0.1, -0.05) is 6.07 Å². The number of hydrogen-bond acceptors (Lipinski definition) is 7. The van der Waals surface area contributed by atoms with Crippen LogP contribution < -0.4 is 14.7 Å². The molecule has 0 bridgehead atoms. The Bertz CT molecular complexity index is 887. The molecule has 2 saturated heterocycles. The SMILES string of the molecule is CN(c1ccnc(N2CCOCC2)n1)C1CCN(c2cccc(F)c2C#N)CC1. The highest BCUT2D eigenvalue weighted by molar-refractivity contribution is 5.60. The summed E-state index contributed by atoms with van der Waals surface area (Å²) in [5.41, 5.74) is 0.815. The summed E-state index contributed by atoms with van der Waals surface area (Å²) in [5.74, 6) is 1.19. The van der Waals surface area contributed by atoms with Crippen molar-refractivity contribution in [1.82, 2.24) is 9.97 Å². The first-order valence-electron chi connectivity index (χ1n) is 9.99. The highest BCUT2D eigenvalue weighted by Gasteiger charge is 2.26. The number of ether oxygens (including phenoxy) is 1. The van der Waals surface area contributed by atoms with Crippen LogP contribution >= 0.6 is 0 Å². The van der Waals surface area contributed by atoms with Gasteiger partial charge < -0.3 is 19.4 Å². The molecule has 1 aromatic carbocycles. The number of halogens is 1. The van der Waals surface area contributed by atoms with Gasteiger partial charge in [0.1, 0.15) is 23.3 Å². The predicted octanol–water partition coefficient (Wildman–Crippen LogP) is 2.43. The molecule has 2 aromatic rings. The van der Waals surface area contributed by atoms with Gasteiger partial charge in [-0.25, -0.2) is 9.37 Å². The molecule has 2 aliphatic rings. The average Bonchev–Trinajstić information content (AvgIpc) is 2.79. The lowest BCUT2D eigenvalue weighted by atomic mass is 10.0. The van der Waals surface area contributed by atoms with Gasteiger partial charge in [-0.15, -0.1) is 0 Å². The molecule has 0 amide bonds. The Morgan fingerprint density at radius 2 is 1.90 bits per heavy atom. The zero-order chi connectivity index (χ0) is 20.2. The van der Waals surface area contributed by atoms with E-state index in [0.717, 1.165) is 50.8 Å². The second-order valence-electron chi connectivity index (χ2n) is 7.39. The number of hydrogen-bond donors (Lipinski definition) is 0. The Balaban J connectivity index is 1.43. The lowest BCUT2D eigenvalue weighted by molar-refractivity contribution is 0.122. The maximum atomic E-state index is 13.9. The Labute approximate surface area is 170 Å². The molecule has 4 rings (SSSR count). The van der Waals surface area contributed by atoms with Gasteiger partial charge in [-0.2, -0.15) is 10.2 Å². The summed E-state index contributed by atoms with van der Waals surface area (Å²) in [6, 6.07) is 9.10. The molecule has 1 aromatic heterocycles. The zero-order valence-corrected chi connectivity index (χ0v) is 16.6. The molecule has 2 fully saturated rings. The first-order valence-corrected chi connectivity index (χ1v) is 9.99. The van der Waals surface area contributed by atoms with E-state index in [9.17, 15) is 9.65 Å². The number of rotatable bonds is 4. The Hall–Kier alpha value is -2.92.